The molecule has 2 aromatic rings. The van der Waals surface area contributed by atoms with Crippen LogP contribution in [0.15, 0.2) is 30.3 Å². The van der Waals surface area contributed by atoms with Crippen LogP contribution in [0.4, 0.5) is 0 Å². The number of nitriles is 1. The topological polar surface area (TPSA) is 82.0 Å². The lowest BCUT2D eigenvalue weighted by atomic mass is 10.1. The molecular weight excluding hydrogens is 298 g/mol. The zero-order valence-corrected chi connectivity index (χ0v) is 13.1. The second kappa shape index (κ2) is 6.87. The summed E-state index contributed by atoms with van der Waals surface area (Å²) in [4.78, 5) is 25.7. The van der Waals surface area contributed by atoms with Gasteiger partial charge in [0.15, 0.2) is 0 Å². The van der Waals surface area contributed by atoms with E-state index in [0.717, 1.165) is 16.9 Å². The molecule has 0 aliphatic rings. The number of hydrogen-bond donors (Lipinski definition) is 2. The number of rotatable bonds is 3. The molecule has 112 valence electrons. The zero-order chi connectivity index (χ0) is 16.1. The number of benzene rings is 1. The van der Waals surface area contributed by atoms with E-state index in [-0.39, 0.29) is 5.91 Å². The molecule has 0 bridgehead atoms. The Balaban J connectivity index is 2.01. The minimum Gasteiger partial charge on any atom is -0.267 e. The molecule has 0 fully saturated rings. The van der Waals surface area contributed by atoms with Crippen LogP contribution in [0.1, 0.15) is 43.0 Å². The minimum atomic E-state index is -0.463. The van der Waals surface area contributed by atoms with Crippen LogP contribution in [0.3, 0.4) is 0 Å². The van der Waals surface area contributed by atoms with Crippen molar-refractivity contribution in [2.45, 2.75) is 20.3 Å². The summed E-state index contributed by atoms with van der Waals surface area (Å²) in [5, 5.41) is 8.81. The first kappa shape index (κ1) is 15.7. The van der Waals surface area contributed by atoms with Gasteiger partial charge in [0.2, 0.25) is 0 Å². The smallest absolute Gasteiger partial charge is 0.267 e. The SMILES string of the molecule is CCc1sc(C(=O)NNC(=O)c2cccc(C#N)c2)cc1C. The minimum absolute atomic E-state index is 0.316. The monoisotopic (exact) mass is 313 g/mol. The molecule has 2 rings (SSSR count). The fourth-order valence-electron chi connectivity index (χ4n) is 1.96. The van der Waals surface area contributed by atoms with Crippen LogP contribution in [-0.2, 0) is 6.42 Å². The number of hydrazine groups is 1. The van der Waals surface area contributed by atoms with Crippen LogP contribution < -0.4 is 10.9 Å². The molecule has 0 atom stereocenters. The molecule has 0 aliphatic heterocycles. The summed E-state index contributed by atoms with van der Waals surface area (Å²) >= 11 is 1.41. The van der Waals surface area contributed by atoms with E-state index >= 15 is 0 Å². The Labute approximate surface area is 132 Å². The number of carbonyl (C=O) groups excluding carboxylic acids is 2. The van der Waals surface area contributed by atoms with Crippen molar-refractivity contribution in [3.8, 4) is 6.07 Å². The molecule has 2 N–H and O–H groups in total. The summed E-state index contributed by atoms with van der Waals surface area (Å²) in [5.41, 5.74) is 6.52. The van der Waals surface area contributed by atoms with E-state index in [1.807, 2.05) is 19.9 Å². The third-order valence-corrected chi connectivity index (χ3v) is 4.49. The number of hydrogen-bond acceptors (Lipinski definition) is 4. The van der Waals surface area contributed by atoms with E-state index in [1.165, 1.54) is 17.4 Å². The molecule has 2 amide bonds. The van der Waals surface area contributed by atoms with E-state index < -0.39 is 5.91 Å². The molecular formula is C16H15N3O2S. The largest absolute Gasteiger partial charge is 0.279 e. The molecule has 5 nitrogen and oxygen atoms in total. The maximum Gasteiger partial charge on any atom is 0.279 e. The van der Waals surface area contributed by atoms with Gasteiger partial charge in [-0.25, -0.2) is 0 Å². The van der Waals surface area contributed by atoms with Gasteiger partial charge in [0.1, 0.15) is 0 Å². The lowest BCUT2D eigenvalue weighted by molar-refractivity contribution is 0.0849. The molecule has 22 heavy (non-hydrogen) atoms. The molecule has 1 aromatic carbocycles. The standard InChI is InChI=1S/C16H15N3O2S/c1-3-13-10(2)7-14(22-13)16(21)19-18-15(20)12-6-4-5-11(8-12)9-17/h4-8H,3H2,1-2H3,(H,18,20)(H,19,21). The molecule has 0 saturated carbocycles. The van der Waals surface area contributed by atoms with Gasteiger partial charge < -0.3 is 0 Å². The first-order valence-corrected chi connectivity index (χ1v) is 7.57. The zero-order valence-electron chi connectivity index (χ0n) is 12.3. The number of amides is 2. The van der Waals surface area contributed by atoms with Gasteiger partial charge in [0.25, 0.3) is 11.8 Å². The van der Waals surface area contributed by atoms with Gasteiger partial charge in [-0.15, -0.1) is 11.3 Å². The molecule has 1 aromatic heterocycles. The second-order valence-corrected chi connectivity index (χ2v) is 5.81. The molecule has 0 radical (unpaired) electrons. The summed E-state index contributed by atoms with van der Waals surface area (Å²) in [6, 6.07) is 10.0. The predicted octanol–water partition coefficient (Wildman–Crippen LogP) is 2.57. The van der Waals surface area contributed by atoms with Crippen LogP contribution in [0.5, 0.6) is 0 Å². The Bertz CT molecular complexity index is 759. The first-order chi connectivity index (χ1) is 10.5. The third kappa shape index (κ3) is 3.51. The fourth-order valence-corrected chi connectivity index (χ4v) is 2.97. The van der Waals surface area contributed by atoms with Gasteiger partial charge in [-0.3, -0.25) is 20.4 Å². The molecule has 0 spiro atoms. The van der Waals surface area contributed by atoms with Crippen molar-refractivity contribution in [2.24, 2.45) is 0 Å². The number of nitrogens with one attached hydrogen (secondary N) is 2. The molecule has 6 heteroatoms. The highest BCUT2D eigenvalue weighted by Crippen LogP contribution is 2.21. The maximum absolute atomic E-state index is 12.0. The van der Waals surface area contributed by atoms with Gasteiger partial charge in [0.05, 0.1) is 16.5 Å². The first-order valence-electron chi connectivity index (χ1n) is 6.75. The predicted molar refractivity (Wildman–Crippen MR) is 84.5 cm³/mol. The van der Waals surface area contributed by atoms with Crippen molar-refractivity contribution in [1.82, 2.24) is 10.9 Å². The second-order valence-electron chi connectivity index (χ2n) is 4.67. The van der Waals surface area contributed by atoms with Crippen LogP contribution in [0.25, 0.3) is 0 Å². The summed E-state index contributed by atoms with van der Waals surface area (Å²) in [7, 11) is 0. The maximum atomic E-state index is 12.0. The molecule has 0 saturated heterocycles. The van der Waals surface area contributed by atoms with E-state index in [4.69, 9.17) is 5.26 Å². The summed E-state index contributed by atoms with van der Waals surface area (Å²) < 4.78 is 0. The highest BCUT2D eigenvalue weighted by Gasteiger charge is 2.13. The molecule has 1 heterocycles. The van der Waals surface area contributed by atoms with Crippen molar-refractivity contribution < 1.29 is 9.59 Å². The normalized spacial score (nSPS) is 9.86. The molecule has 0 unspecified atom stereocenters. The number of aryl methyl sites for hydroxylation is 2. The Morgan fingerprint density at radius 2 is 1.95 bits per heavy atom. The van der Waals surface area contributed by atoms with Gasteiger partial charge >= 0.3 is 0 Å². The number of thiophene rings is 1. The summed E-state index contributed by atoms with van der Waals surface area (Å²) in [6.07, 6.45) is 0.872. The van der Waals surface area contributed by atoms with Crippen LogP contribution in [-0.4, -0.2) is 11.8 Å². The average Bonchev–Trinajstić information content (AvgIpc) is 2.93. The van der Waals surface area contributed by atoms with Gasteiger partial charge in [-0.05, 0) is 43.2 Å². The van der Waals surface area contributed by atoms with Crippen molar-refractivity contribution >= 4 is 23.2 Å². The van der Waals surface area contributed by atoms with Crippen molar-refractivity contribution in [2.75, 3.05) is 0 Å². The Morgan fingerprint density at radius 3 is 2.59 bits per heavy atom. The van der Waals surface area contributed by atoms with E-state index in [1.54, 1.807) is 24.3 Å². The Kier molecular flexibility index (Phi) is 4.92. The summed E-state index contributed by atoms with van der Waals surface area (Å²) in [5.74, 6) is -0.813. The third-order valence-electron chi connectivity index (χ3n) is 3.11. The highest BCUT2D eigenvalue weighted by molar-refractivity contribution is 7.14. The van der Waals surface area contributed by atoms with Crippen LogP contribution in [0, 0.1) is 18.3 Å². The number of carbonyl (C=O) groups is 2. The lowest BCUT2D eigenvalue weighted by Crippen LogP contribution is -2.41. The van der Waals surface area contributed by atoms with Crippen molar-refractivity contribution in [1.29, 1.82) is 5.26 Å². The Morgan fingerprint density at radius 1 is 1.23 bits per heavy atom. The van der Waals surface area contributed by atoms with E-state index in [9.17, 15) is 9.59 Å². The fraction of sp³-hybridized carbons (Fsp3) is 0.188. The van der Waals surface area contributed by atoms with E-state index in [2.05, 4.69) is 10.9 Å². The lowest BCUT2D eigenvalue weighted by Gasteiger charge is -2.06. The van der Waals surface area contributed by atoms with E-state index in [0.29, 0.717) is 16.0 Å². The van der Waals surface area contributed by atoms with Crippen LogP contribution >= 0.6 is 11.3 Å². The van der Waals surface area contributed by atoms with Gasteiger partial charge in [-0.1, -0.05) is 13.0 Å². The Hall–Kier alpha value is -2.65. The number of nitrogens with zero attached hydrogens (tertiary/aromatic N) is 1. The summed E-state index contributed by atoms with van der Waals surface area (Å²) in [6.45, 7) is 3.99. The highest BCUT2D eigenvalue weighted by atomic mass is 32.1. The van der Waals surface area contributed by atoms with Crippen LogP contribution in [0.2, 0.25) is 0 Å². The average molecular weight is 313 g/mol. The van der Waals surface area contributed by atoms with Gasteiger partial charge in [-0.2, -0.15) is 5.26 Å². The quantitative estimate of drug-likeness (QED) is 0.854. The molecule has 0 aliphatic carbocycles. The van der Waals surface area contributed by atoms with Crippen molar-refractivity contribution in [3.05, 3.63) is 56.8 Å². The van der Waals surface area contributed by atoms with Gasteiger partial charge in [0, 0.05) is 10.4 Å². The van der Waals surface area contributed by atoms with Crippen molar-refractivity contribution in [3.63, 3.8) is 0 Å².